The van der Waals surface area contributed by atoms with Crippen LogP contribution in [0.25, 0.3) is 11.3 Å². The molecular formula is C30H32N2O3S. The number of aliphatic carboxylic acids is 1. The summed E-state index contributed by atoms with van der Waals surface area (Å²) in [6.07, 6.45) is 1.73. The van der Waals surface area contributed by atoms with E-state index in [1.54, 1.807) is 11.3 Å². The van der Waals surface area contributed by atoms with Crippen molar-refractivity contribution in [1.29, 1.82) is 0 Å². The number of benzene rings is 3. The number of carboxylic acid groups (broad SMARTS) is 1. The predicted molar refractivity (Wildman–Crippen MR) is 147 cm³/mol. The lowest BCUT2D eigenvalue weighted by Gasteiger charge is -2.21. The Morgan fingerprint density at radius 2 is 1.78 bits per heavy atom. The average Bonchev–Trinajstić information content (AvgIpc) is 3.38. The van der Waals surface area contributed by atoms with Crippen LogP contribution in [-0.2, 0) is 24.4 Å². The van der Waals surface area contributed by atoms with E-state index in [4.69, 9.17) is 14.8 Å². The van der Waals surface area contributed by atoms with Crippen LogP contribution >= 0.6 is 11.3 Å². The van der Waals surface area contributed by atoms with E-state index in [9.17, 15) is 4.79 Å². The van der Waals surface area contributed by atoms with E-state index < -0.39 is 5.97 Å². The van der Waals surface area contributed by atoms with Gasteiger partial charge in [-0.25, -0.2) is 4.98 Å². The van der Waals surface area contributed by atoms with Gasteiger partial charge in [-0.3, -0.25) is 4.79 Å². The first-order valence-corrected chi connectivity index (χ1v) is 13.2. The number of aryl methyl sites for hydroxylation is 2. The molecule has 0 unspecified atom stereocenters. The van der Waals surface area contributed by atoms with Gasteiger partial charge in [-0.2, -0.15) is 0 Å². The molecule has 0 saturated carbocycles. The summed E-state index contributed by atoms with van der Waals surface area (Å²) >= 11 is 1.69. The maximum Gasteiger partial charge on any atom is 0.303 e. The molecule has 1 N–H and O–H groups in total. The lowest BCUT2D eigenvalue weighted by molar-refractivity contribution is -0.136. The summed E-state index contributed by atoms with van der Waals surface area (Å²) in [5.41, 5.74) is 6.61. The minimum absolute atomic E-state index is 0.139. The zero-order valence-corrected chi connectivity index (χ0v) is 21.6. The molecule has 1 aromatic heterocycles. The first-order valence-electron chi connectivity index (χ1n) is 12.3. The van der Waals surface area contributed by atoms with Crippen molar-refractivity contribution in [2.45, 2.75) is 46.3 Å². The minimum Gasteiger partial charge on any atom is -0.489 e. The molecule has 0 aliphatic heterocycles. The second kappa shape index (κ2) is 12.4. The Hall–Kier alpha value is -3.64. The minimum atomic E-state index is -0.778. The summed E-state index contributed by atoms with van der Waals surface area (Å²) in [5, 5.41) is 12.1. The number of hydrogen-bond acceptors (Lipinski definition) is 5. The highest BCUT2D eigenvalue weighted by atomic mass is 32.1. The van der Waals surface area contributed by atoms with Crippen LogP contribution in [0.3, 0.4) is 0 Å². The number of nitrogens with zero attached hydrogens (tertiary/aromatic N) is 2. The second-order valence-corrected chi connectivity index (χ2v) is 9.73. The van der Waals surface area contributed by atoms with E-state index in [-0.39, 0.29) is 6.42 Å². The zero-order valence-electron chi connectivity index (χ0n) is 20.8. The topological polar surface area (TPSA) is 62.7 Å². The van der Waals surface area contributed by atoms with Crippen LogP contribution < -0.4 is 9.64 Å². The molecule has 5 nitrogen and oxygen atoms in total. The van der Waals surface area contributed by atoms with Gasteiger partial charge in [0.2, 0.25) is 0 Å². The Morgan fingerprint density at radius 1 is 1.03 bits per heavy atom. The van der Waals surface area contributed by atoms with Crippen LogP contribution in [0.5, 0.6) is 5.75 Å². The number of thiazole rings is 1. The Balaban J connectivity index is 1.35. The molecular weight excluding hydrogens is 468 g/mol. The number of hydrogen-bond donors (Lipinski definition) is 1. The molecule has 0 fully saturated rings. The van der Waals surface area contributed by atoms with Crippen LogP contribution in [-0.4, -0.2) is 22.6 Å². The third kappa shape index (κ3) is 6.95. The van der Waals surface area contributed by atoms with E-state index in [1.165, 1.54) is 5.56 Å². The fourth-order valence-electron chi connectivity index (χ4n) is 4.07. The monoisotopic (exact) mass is 500 g/mol. The molecule has 0 bridgehead atoms. The van der Waals surface area contributed by atoms with Gasteiger partial charge in [0.1, 0.15) is 12.4 Å². The summed E-state index contributed by atoms with van der Waals surface area (Å²) in [7, 11) is 0. The number of carbonyl (C=O) groups is 1. The maximum absolute atomic E-state index is 10.8. The SMILES string of the molecule is CCCN(Cc1ccc(COc2ccc(CCC(=O)O)c(C)c2)cc1)c1nc(-c2ccccc2)cs1. The van der Waals surface area contributed by atoms with Gasteiger partial charge in [0, 0.05) is 30.5 Å². The molecule has 0 atom stereocenters. The van der Waals surface area contributed by atoms with Gasteiger partial charge < -0.3 is 14.7 Å². The number of carboxylic acids is 1. The zero-order chi connectivity index (χ0) is 25.3. The molecule has 6 heteroatoms. The molecule has 0 saturated heterocycles. The van der Waals surface area contributed by atoms with Gasteiger partial charge in [0.05, 0.1) is 5.69 Å². The Morgan fingerprint density at radius 3 is 2.47 bits per heavy atom. The van der Waals surface area contributed by atoms with Crippen molar-refractivity contribution in [3.63, 3.8) is 0 Å². The van der Waals surface area contributed by atoms with Crippen molar-refractivity contribution >= 4 is 22.4 Å². The van der Waals surface area contributed by atoms with Crippen molar-refractivity contribution < 1.29 is 14.6 Å². The van der Waals surface area contributed by atoms with E-state index >= 15 is 0 Å². The van der Waals surface area contributed by atoms with E-state index in [1.807, 2.05) is 43.3 Å². The first kappa shape index (κ1) is 25.5. The summed E-state index contributed by atoms with van der Waals surface area (Å²) in [4.78, 5) is 18.1. The lowest BCUT2D eigenvalue weighted by atomic mass is 10.0. The van der Waals surface area contributed by atoms with Crippen molar-refractivity contribution in [2.24, 2.45) is 0 Å². The molecule has 3 aromatic carbocycles. The van der Waals surface area contributed by atoms with E-state index in [0.717, 1.165) is 58.3 Å². The van der Waals surface area contributed by atoms with Gasteiger partial charge in [-0.05, 0) is 54.2 Å². The van der Waals surface area contributed by atoms with Crippen molar-refractivity contribution in [2.75, 3.05) is 11.4 Å². The van der Waals surface area contributed by atoms with Crippen molar-refractivity contribution in [3.05, 3.63) is 100 Å². The summed E-state index contributed by atoms with van der Waals surface area (Å²) in [6, 6.07) is 24.7. The molecule has 4 aromatic rings. The standard InChI is InChI=1S/C30H32N2O3S/c1-3-17-32(30-31-28(21-36-30)26-7-5-4-6-8-26)19-23-9-11-24(12-10-23)20-35-27-15-13-25(22(2)18-27)14-16-29(33)34/h4-13,15,18,21H,3,14,16-17,19-20H2,1-2H3,(H,33,34). The summed E-state index contributed by atoms with van der Waals surface area (Å²) < 4.78 is 5.99. The normalized spacial score (nSPS) is 10.8. The van der Waals surface area contributed by atoms with Gasteiger partial charge >= 0.3 is 5.97 Å². The average molecular weight is 501 g/mol. The summed E-state index contributed by atoms with van der Waals surface area (Å²) in [5.74, 6) is 0.0161. The highest BCUT2D eigenvalue weighted by molar-refractivity contribution is 7.14. The number of rotatable bonds is 12. The Labute approximate surface area is 217 Å². The van der Waals surface area contributed by atoms with Crippen molar-refractivity contribution in [3.8, 4) is 17.0 Å². The van der Waals surface area contributed by atoms with Gasteiger partial charge in [-0.15, -0.1) is 11.3 Å². The highest BCUT2D eigenvalue weighted by Crippen LogP contribution is 2.28. The molecule has 36 heavy (non-hydrogen) atoms. The number of anilines is 1. The van der Waals surface area contributed by atoms with Crippen LogP contribution in [0.1, 0.15) is 42.0 Å². The smallest absolute Gasteiger partial charge is 0.303 e. The second-order valence-electron chi connectivity index (χ2n) is 8.89. The van der Waals surface area contributed by atoms with Crippen LogP contribution in [0.15, 0.2) is 78.2 Å². The van der Waals surface area contributed by atoms with Gasteiger partial charge in [0.15, 0.2) is 5.13 Å². The molecule has 1 heterocycles. The summed E-state index contributed by atoms with van der Waals surface area (Å²) in [6.45, 7) is 6.44. The third-order valence-electron chi connectivity index (χ3n) is 6.05. The van der Waals surface area contributed by atoms with Crippen LogP contribution in [0.2, 0.25) is 0 Å². The number of aromatic nitrogens is 1. The predicted octanol–water partition coefficient (Wildman–Crippen LogP) is 7.13. The Bertz CT molecular complexity index is 1270. The fourth-order valence-corrected chi connectivity index (χ4v) is 4.93. The molecule has 0 amide bonds. The van der Waals surface area contributed by atoms with Crippen LogP contribution in [0.4, 0.5) is 5.13 Å². The molecule has 0 spiro atoms. The Kier molecular flexibility index (Phi) is 8.74. The maximum atomic E-state index is 10.8. The quantitative estimate of drug-likeness (QED) is 0.224. The molecule has 0 aliphatic carbocycles. The van der Waals surface area contributed by atoms with E-state index in [2.05, 4.69) is 53.6 Å². The molecule has 0 aliphatic rings. The third-order valence-corrected chi connectivity index (χ3v) is 6.95. The number of ether oxygens (including phenoxy) is 1. The highest BCUT2D eigenvalue weighted by Gasteiger charge is 2.12. The fraction of sp³-hybridized carbons (Fsp3) is 0.267. The van der Waals surface area contributed by atoms with Crippen LogP contribution in [0, 0.1) is 6.92 Å². The van der Waals surface area contributed by atoms with Gasteiger partial charge in [-0.1, -0.05) is 67.6 Å². The molecule has 4 rings (SSSR count). The van der Waals surface area contributed by atoms with Crippen molar-refractivity contribution in [1.82, 2.24) is 4.98 Å². The molecule has 0 radical (unpaired) electrons. The molecule has 186 valence electrons. The first-order chi connectivity index (χ1) is 17.5. The van der Waals surface area contributed by atoms with E-state index in [0.29, 0.717) is 13.0 Å². The lowest BCUT2D eigenvalue weighted by Crippen LogP contribution is -2.23. The largest absolute Gasteiger partial charge is 0.489 e. The van der Waals surface area contributed by atoms with Gasteiger partial charge in [0.25, 0.3) is 0 Å².